The van der Waals surface area contributed by atoms with Gasteiger partial charge in [-0.1, -0.05) is 26.0 Å². The zero-order valence-corrected chi connectivity index (χ0v) is 26.8. The number of allylic oxidation sites excluding steroid dienone is 1. The third kappa shape index (κ3) is 12.4. The third-order valence-corrected chi connectivity index (χ3v) is 7.99. The molecule has 43 heavy (non-hydrogen) atoms. The number of hydrogen-bond acceptors (Lipinski definition) is 11. The van der Waals surface area contributed by atoms with Crippen LogP contribution in [-0.4, -0.2) is 79.2 Å². The Kier molecular flexibility index (Phi) is 13.2. The van der Waals surface area contributed by atoms with Gasteiger partial charge in [-0.05, 0) is 40.0 Å². The average Bonchev–Trinajstić information content (AvgIpc) is 3.51. The molecule has 1 aliphatic rings. The van der Waals surface area contributed by atoms with Crippen molar-refractivity contribution < 1.29 is 43.7 Å². The molecular weight excluding hydrogens is 600 g/mol. The summed E-state index contributed by atoms with van der Waals surface area (Å²) in [5, 5.41) is 26.3. The minimum atomic E-state index is -1.20. The molecule has 2 heterocycles. The molecule has 238 valence electrons. The van der Waals surface area contributed by atoms with Crippen molar-refractivity contribution in [2.75, 3.05) is 5.75 Å². The molecule has 3 atom stereocenters. The highest BCUT2D eigenvalue weighted by atomic mass is 32.2. The molecule has 1 aromatic heterocycles. The molecule has 2 amide bonds. The molecule has 0 radical (unpaired) electrons. The first-order valence-electron chi connectivity index (χ1n) is 13.7. The van der Waals surface area contributed by atoms with E-state index in [4.69, 9.17) is 14.6 Å². The van der Waals surface area contributed by atoms with Gasteiger partial charge >= 0.3 is 24.0 Å². The van der Waals surface area contributed by atoms with Gasteiger partial charge in [-0.2, -0.15) is 0 Å². The second kappa shape index (κ2) is 15.8. The van der Waals surface area contributed by atoms with Gasteiger partial charge in [-0.15, -0.1) is 23.1 Å². The van der Waals surface area contributed by atoms with Crippen LogP contribution in [0.2, 0.25) is 0 Å². The maximum absolute atomic E-state index is 13.4. The lowest BCUT2D eigenvalue weighted by molar-refractivity contribution is -0.157. The number of nitrogens with one attached hydrogen (secondary N) is 2. The predicted molar refractivity (Wildman–Crippen MR) is 162 cm³/mol. The molecule has 2 rings (SSSR count). The van der Waals surface area contributed by atoms with Gasteiger partial charge in [0.25, 0.3) is 0 Å². The number of esters is 1. The summed E-state index contributed by atoms with van der Waals surface area (Å²) < 4.78 is 10.7. The van der Waals surface area contributed by atoms with E-state index in [-0.39, 0.29) is 31.7 Å². The van der Waals surface area contributed by atoms with E-state index >= 15 is 0 Å². The first-order chi connectivity index (χ1) is 20.0. The first kappa shape index (κ1) is 35.7. The highest BCUT2D eigenvalue weighted by Crippen LogP contribution is 2.32. The second-order valence-electron chi connectivity index (χ2n) is 11.5. The number of alkyl carbamates (subject to hydrolysis) is 1. The van der Waals surface area contributed by atoms with Crippen LogP contribution in [0.5, 0.6) is 0 Å². The van der Waals surface area contributed by atoms with Gasteiger partial charge in [0.05, 0.1) is 13.0 Å². The van der Waals surface area contributed by atoms with Gasteiger partial charge in [0, 0.05) is 24.0 Å². The van der Waals surface area contributed by atoms with Crippen LogP contribution in [0.3, 0.4) is 0 Å². The Labute approximate surface area is 258 Å². The fourth-order valence-electron chi connectivity index (χ4n) is 3.67. The van der Waals surface area contributed by atoms with E-state index in [1.807, 2.05) is 0 Å². The Hall–Kier alpha value is -3.46. The van der Waals surface area contributed by atoms with Gasteiger partial charge in [-0.3, -0.25) is 19.4 Å². The minimum Gasteiger partial charge on any atom is -0.481 e. The number of carbonyl (C=O) groups is 5. The number of rotatable bonds is 15. The molecule has 0 aliphatic carbocycles. The van der Waals surface area contributed by atoms with Crippen molar-refractivity contribution in [1.82, 2.24) is 15.6 Å². The normalized spacial score (nSPS) is 18.2. The average molecular weight is 641 g/mol. The standard InChI is InChI=1S/C28H40N4O9S2/c1-16(2)22(24(37)40-17(12-21(35)36)10-8-7-9-11-20(33)34)31-25(38)28(6)15-43-23(32-28)18-14-42-19(30-18)13-29-26(39)41-27(3,4)5/h7-8,14,16-17,22H,9-13,15H2,1-6H3,(H,29,39)(H,31,38)(H,33,34)(H,35,36)/b8-7-/t17?,22-,28-/m0/s1. The van der Waals surface area contributed by atoms with Crippen LogP contribution in [0.15, 0.2) is 22.5 Å². The molecule has 0 saturated heterocycles. The summed E-state index contributed by atoms with van der Waals surface area (Å²) in [6.07, 6.45) is 1.46. The van der Waals surface area contributed by atoms with Crippen molar-refractivity contribution in [3.63, 3.8) is 0 Å². The van der Waals surface area contributed by atoms with Gasteiger partial charge in [0.1, 0.15) is 39.0 Å². The van der Waals surface area contributed by atoms with Gasteiger partial charge in [-0.25, -0.2) is 14.6 Å². The highest BCUT2D eigenvalue weighted by Gasteiger charge is 2.41. The molecule has 1 aliphatic heterocycles. The van der Waals surface area contributed by atoms with Crippen molar-refractivity contribution in [3.8, 4) is 0 Å². The molecule has 15 heteroatoms. The lowest BCUT2D eigenvalue weighted by atomic mass is 10.00. The Balaban J connectivity index is 2.04. The number of aliphatic carboxylic acids is 2. The summed E-state index contributed by atoms with van der Waals surface area (Å²) in [4.78, 5) is 69.4. The van der Waals surface area contributed by atoms with Crippen LogP contribution >= 0.6 is 23.1 Å². The van der Waals surface area contributed by atoms with Crippen LogP contribution in [0, 0.1) is 5.92 Å². The van der Waals surface area contributed by atoms with E-state index in [2.05, 4.69) is 20.6 Å². The van der Waals surface area contributed by atoms with E-state index < -0.39 is 59.6 Å². The third-order valence-electron chi connectivity index (χ3n) is 5.86. The monoisotopic (exact) mass is 640 g/mol. The van der Waals surface area contributed by atoms with Crippen LogP contribution in [0.4, 0.5) is 4.79 Å². The summed E-state index contributed by atoms with van der Waals surface area (Å²) in [6, 6.07) is -1.05. The number of ether oxygens (including phenoxy) is 2. The number of carbonyl (C=O) groups excluding carboxylic acids is 3. The second-order valence-corrected chi connectivity index (χ2v) is 13.4. The van der Waals surface area contributed by atoms with Crippen LogP contribution < -0.4 is 10.6 Å². The zero-order valence-electron chi connectivity index (χ0n) is 25.2. The number of aliphatic imine (C=N–C) groups is 1. The minimum absolute atomic E-state index is 0.0719. The fourth-order valence-corrected chi connectivity index (χ4v) is 5.60. The van der Waals surface area contributed by atoms with Crippen molar-refractivity contribution in [2.24, 2.45) is 10.9 Å². The van der Waals surface area contributed by atoms with Crippen molar-refractivity contribution in [2.45, 2.75) is 97.1 Å². The topological polar surface area (TPSA) is 194 Å². The Morgan fingerprint density at radius 3 is 2.44 bits per heavy atom. The Morgan fingerprint density at radius 1 is 1.14 bits per heavy atom. The summed E-state index contributed by atoms with van der Waals surface area (Å²) in [5.41, 5.74) is -1.24. The maximum Gasteiger partial charge on any atom is 0.408 e. The van der Waals surface area contributed by atoms with E-state index in [1.165, 1.54) is 23.1 Å². The molecule has 0 fully saturated rings. The van der Waals surface area contributed by atoms with Crippen molar-refractivity contribution >= 4 is 58.1 Å². The van der Waals surface area contributed by atoms with Crippen LogP contribution in [0.1, 0.15) is 77.9 Å². The van der Waals surface area contributed by atoms with E-state index in [0.29, 0.717) is 21.5 Å². The zero-order chi connectivity index (χ0) is 32.4. The molecule has 0 spiro atoms. The molecule has 0 aromatic carbocycles. The quantitative estimate of drug-likeness (QED) is 0.161. The van der Waals surface area contributed by atoms with E-state index in [1.54, 1.807) is 59.1 Å². The molecule has 0 bridgehead atoms. The van der Waals surface area contributed by atoms with E-state index in [0.717, 1.165) is 0 Å². The molecule has 13 nitrogen and oxygen atoms in total. The van der Waals surface area contributed by atoms with Gasteiger partial charge in [0.15, 0.2) is 0 Å². The van der Waals surface area contributed by atoms with Crippen molar-refractivity contribution in [3.05, 3.63) is 28.2 Å². The van der Waals surface area contributed by atoms with Gasteiger partial charge in [0.2, 0.25) is 5.91 Å². The lowest BCUT2D eigenvalue weighted by Gasteiger charge is -2.27. The molecule has 1 aromatic rings. The van der Waals surface area contributed by atoms with Gasteiger partial charge < -0.3 is 30.3 Å². The molecule has 0 saturated carbocycles. The van der Waals surface area contributed by atoms with Crippen LogP contribution in [0.25, 0.3) is 0 Å². The number of nitrogens with zero attached hydrogens (tertiary/aromatic N) is 2. The number of thiazole rings is 1. The number of hydrogen-bond donors (Lipinski definition) is 4. The molecule has 4 N–H and O–H groups in total. The largest absolute Gasteiger partial charge is 0.481 e. The SMILES string of the molecule is CC(C)[C@H](NC(=O)[C@]1(C)CSC(c2csc(CNC(=O)OC(C)(C)C)n2)=N1)C(=O)OC(C/C=C\CCC(=O)O)CC(=O)O. The predicted octanol–water partition coefficient (Wildman–Crippen LogP) is 3.76. The first-order valence-corrected chi connectivity index (χ1v) is 15.6. The molecular formula is C28H40N4O9S2. The number of amides is 2. The van der Waals surface area contributed by atoms with Crippen molar-refractivity contribution in [1.29, 1.82) is 0 Å². The van der Waals surface area contributed by atoms with Crippen LogP contribution in [-0.2, 0) is 35.2 Å². The number of carboxylic acid groups (broad SMARTS) is 2. The Bertz CT molecular complexity index is 1240. The summed E-state index contributed by atoms with van der Waals surface area (Å²) >= 11 is 2.68. The smallest absolute Gasteiger partial charge is 0.408 e. The number of aromatic nitrogens is 1. The lowest BCUT2D eigenvalue weighted by Crippen LogP contribution is -2.53. The van der Waals surface area contributed by atoms with E-state index in [9.17, 15) is 29.1 Å². The summed E-state index contributed by atoms with van der Waals surface area (Å²) in [7, 11) is 0. The highest BCUT2D eigenvalue weighted by molar-refractivity contribution is 8.14. The number of carboxylic acids is 2. The summed E-state index contributed by atoms with van der Waals surface area (Å²) in [5.74, 6) is -3.44. The fraction of sp³-hybridized carbons (Fsp3) is 0.607. The Morgan fingerprint density at radius 2 is 1.84 bits per heavy atom. The number of thioether (sulfide) groups is 1. The summed E-state index contributed by atoms with van der Waals surface area (Å²) in [6.45, 7) is 10.6. The maximum atomic E-state index is 13.4. The molecule has 1 unspecified atom stereocenters.